The van der Waals surface area contributed by atoms with Crippen molar-refractivity contribution in [3.8, 4) is 11.5 Å². The molecule has 0 atom stereocenters. The molecule has 8 nitrogen and oxygen atoms in total. The van der Waals surface area contributed by atoms with Gasteiger partial charge in [-0.3, -0.25) is 9.59 Å². The minimum atomic E-state index is -1.22. The SMILES string of the molecule is CCCCCCCCc1ccc(OCC(=O)COc2ccc3c(c2)cc(C(=O)O)n3CC(=O)O)cc1. The fourth-order valence-corrected chi connectivity index (χ4v) is 4.05. The number of Topliss-reactive ketones (excluding diaryl/α,β-unsaturated/α-hetero) is 1. The number of fused-ring (bicyclic) bond motifs is 1. The van der Waals surface area contributed by atoms with E-state index in [0.29, 0.717) is 22.4 Å². The van der Waals surface area contributed by atoms with Crippen molar-refractivity contribution in [2.75, 3.05) is 13.2 Å². The van der Waals surface area contributed by atoms with Gasteiger partial charge in [0.1, 0.15) is 37.0 Å². The van der Waals surface area contributed by atoms with Gasteiger partial charge in [-0.05, 0) is 54.8 Å². The molecule has 0 radical (unpaired) electrons. The van der Waals surface area contributed by atoms with Crippen LogP contribution in [0.15, 0.2) is 48.5 Å². The van der Waals surface area contributed by atoms with Crippen LogP contribution in [-0.4, -0.2) is 45.7 Å². The average Bonchev–Trinajstić information content (AvgIpc) is 3.21. The largest absolute Gasteiger partial charge is 0.486 e. The number of carbonyl (C=O) groups is 3. The highest BCUT2D eigenvalue weighted by atomic mass is 16.5. The van der Waals surface area contributed by atoms with Crippen LogP contribution in [0.4, 0.5) is 0 Å². The summed E-state index contributed by atoms with van der Waals surface area (Å²) in [5.41, 5.74) is 1.58. The first-order valence-electron chi connectivity index (χ1n) is 12.3. The Morgan fingerprint density at radius 3 is 2.11 bits per heavy atom. The second-order valence-corrected chi connectivity index (χ2v) is 8.81. The first-order valence-corrected chi connectivity index (χ1v) is 12.3. The summed E-state index contributed by atoms with van der Waals surface area (Å²) in [6.07, 6.45) is 8.61. The van der Waals surface area contributed by atoms with E-state index in [2.05, 4.69) is 6.92 Å². The molecular weight excluding hydrogens is 462 g/mol. The Bertz CT molecular complexity index is 1180. The lowest BCUT2D eigenvalue weighted by Crippen LogP contribution is -2.19. The van der Waals surface area contributed by atoms with Gasteiger partial charge in [0.25, 0.3) is 0 Å². The molecule has 0 aliphatic rings. The van der Waals surface area contributed by atoms with E-state index < -0.39 is 18.5 Å². The Hall–Kier alpha value is -3.81. The zero-order valence-corrected chi connectivity index (χ0v) is 20.6. The molecule has 0 unspecified atom stereocenters. The van der Waals surface area contributed by atoms with Crippen LogP contribution in [0.3, 0.4) is 0 Å². The van der Waals surface area contributed by atoms with Gasteiger partial charge in [-0.1, -0.05) is 51.2 Å². The Labute approximate surface area is 210 Å². The molecule has 0 fully saturated rings. The monoisotopic (exact) mass is 495 g/mol. The van der Waals surface area contributed by atoms with Crippen molar-refractivity contribution in [3.63, 3.8) is 0 Å². The molecule has 0 aliphatic carbocycles. The molecule has 0 amide bonds. The summed E-state index contributed by atoms with van der Waals surface area (Å²) < 4.78 is 12.3. The Morgan fingerprint density at radius 1 is 0.806 bits per heavy atom. The number of carboxylic acid groups (broad SMARTS) is 2. The van der Waals surface area contributed by atoms with E-state index >= 15 is 0 Å². The van der Waals surface area contributed by atoms with Gasteiger partial charge < -0.3 is 24.3 Å². The summed E-state index contributed by atoms with van der Waals surface area (Å²) in [4.78, 5) is 34.8. The number of aryl methyl sites for hydroxylation is 1. The van der Waals surface area contributed by atoms with Crippen LogP contribution in [0.5, 0.6) is 11.5 Å². The second-order valence-electron chi connectivity index (χ2n) is 8.81. The zero-order valence-electron chi connectivity index (χ0n) is 20.6. The second kappa shape index (κ2) is 13.3. The smallest absolute Gasteiger partial charge is 0.352 e. The molecule has 0 aliphatic heterocycles. The maximum Gasteiger partial charge on any atom is 0.352 e. The van der Waals surface area contributed by atoms with E-state index in [1.165, 1.54) is 54.7 Å². The lowest BCUT2D eigenvalue weighted by molar-refractivity contribution is -0.137. The number of carboxylic acids is 2. The molecule has 0 saturated carbocycles. The number of aliphatic carboxylic acids is 1. The van der Waals surface area contributed by atoms with E-state index in [4.69, 9.17) is 14.6 Å². The van der Waals surface area contributed by atoms with Gasteiger partial charge in [0.05, 0.1) is 0 Å². The number of hydrogen-bond acceptors (Lipinski definition) is 5. The minimum absolute atomic E-state index is 0.128. The molecule has 36 heavy (non-hydrogen) atoms. The zero-order chi connectivity index (χ0) is 25.9. The molecule has 0 saturated heterocycles. The van der Waals surface area contributed by atoms with E-state index in [1.54, 1.807) is 18.2 Å². The number of aromatic carboxylic acids is 1. The number of rotatable bonds is 16. The van der Waals surface area contributed by atoms with Gasteiger partial charge in [-0.25, -0.2) is 4.79 Å². The third-order valence-electron chi connectivity index (χ3n) is 5.93. The van der Waals surface area contributed by atoms with Gasteiger partial charge in [0, 0.05) is 10.9 Å². The number of benzene rings is 2. The van der Waals surface area contributed by atoms with E-state index in [9.17, 15) is 19.5 Å². The highest BCUT2D eigenvalue weighted by molar-refractivity contribution is 5.96. The van der Waals surface area contributed by atoms with Crippen LogP contribution in [-0.2, 0) is 22.6 Å². The molecule has 3 rings (SSSR count). The van der Waals surface area contributed by atoms with Crippen LogP contribution in [0.2, 0.25) is 0 Å². The Balaban J connectivity index is 1.46. The van der Waals surface area contributed by atoms with Gasteiger partial charge in [-0.15, -0.1) is 0 Å². The van der Waals surface area contributed by atoms with Crippen molar-refractivity contribution in [2.24, 2.45) is 0 Å². The normalized spacial score (nSPS) is 10.9. The number of nitrogens with zero attached hydrogens (tertiary/aromatic N) is 1. The molecule has 8 heteroatoms. The summed E-state index contributed by atoms with van der Waals surface area (Å²) in [6, 6.07) is 13.9. The Morgan fingerprint density at radius 2 is 1.44 bits per heavy atom. The quantitative estimate of drug-likeness (QED) is 0.257. The highest BCUT2D eigenvalue weighted by Crippen LogP contribution is 2.25. The molecule has 1 aromatic heterocycles. The fraction of sp³-hybridized carbons (Fsp3) is 0.393. The third-order valence-corrected chi connectivity index (χ3v) is 5.93. The summed E-state index contributed by atoms with van der Waals surface area (Å²) in [7, 11) is 0. The van der Waals surface area contributed by atoms with Crippen molar-refractivity contribution >= 4 is 28.6 Å². The van der Waals surface area contributed by atoms with E-state index in [1.807, 2.05) is 24.3 Å². The van der Waals surface area contributed by atoms with Crippen LogP contribution >= 0.6 is 0 Å². The lowest BCUT2D eigenvalue weighted by atomic mass is 10.0. The summed E-state index contributed by atoms with van der Waals surface area (Å²) in [5.74, 6) is -1.62. The number of aromatic nitrogens is 1. The maximum absolute atomic E-state index is 12.2. The van der Waals surface area contributed by atoms with Crippen LogP contribution in [0, 0.1) is 0 Å². The molecule has 2 N–H and O–H groups in total. The molecule has 192 valence electrons. The molecule has 0 spiro atoms. The average molecular weight is 496 g/mol. The Kier molecular flexibility index (Phi) is 9.92. The number of unbranched alkanes of at least 4 members (excludes halogenated alkanes) is 5. The number of hydrogen-bond donors (Lipinski definition) is 2. The van der Waals surface area contributed by atoms with Crippen molar-refractivity contribution in [2.45, 2.75) is 58.4 Å². The van der Waals surface area contributed by atoms with Crippen LogP contribution in [0.25, 0.3) is 10.9 Å². The van der Waals surface area contributed by atoms with Crippen molar-refractivity contribution in [1.82, 2.24) is 4.57 Å². The standard InChI is InChI=1S/C28H33NO7/c1-2-3-4-5-6-7-8-20-9-11-23(12-10-20)35-18-22(30)19-36-24-13-14-25-21(15-24)16-26(28(33)34)29(25)17-27(31)32/h9-16H,2-8,17-19H2,1H3,(H,31,32)(H,33,34). The minimum Gasteiger partial charge on any atom is -0.486 e. The highest BCUT2D eigenvalue weighted by Gasteiger charge is 2.17. The summed E-state index contributed by atoms with van der Waals surface area (Å²) >= 11 is 0. The fourth-order valence-electron chi connectivity index (χ4n) is 4.05. The summed E-state index contributed by atoms with van der Waals surface area (Å²) in [5, 5.41) is 19.0. The number of carbonyl (C=O) groups excluding carboxylic acids is 1. The summed E-state index contributed by atoms with van der Waals surface area (Å²) in [6.45, 7) is 1.41. The molecular formula is C28H33NO7. The maximum atomic E-state index is 12.2. The van der Waals surface area contributed by atoms with Crippen molar-refractivity contribution in [1.29, 1.82) is 0 Å². The topological polar surface area (TPSA) is 115 Å². The van der Waals surface area contributed by atoms with Gasteiger partial charge >= 0.3 is 11.9 Å². The van der Waals surface area contributed by atoms with E-state index in [0.717, 1.165) is 6.42 Å². The van der Waals surface area contributed by atoms with Gasteiger partial charge in [0.2, 0.25) is 5.78 Å². The lowest BCUT2D eigenvalue weighted by Gasteiger charge is -2.09. The van der Waals surface area contributed by atoms with E-state index in [-0.39, 0.29) is 24.7 Å². The molecule has 1 heterocycles. The molecule has 2 aromatic carbocycles. The first-order chi connectivity index (χ1) is 17.4. The molecule has 0 bridgehead atoms. The predicted molar refractivity (Wildman–Crippen MR) is 136 cm³/mol. The third kappa shape index (κ3) is 7.86. The van der Waals surface area contributed by atoms with Crippen molar-refractivity contribution < 1.29 is 34.1 Å². The van der Waals surface area contributed by atoms with Gasteiger partial charge in [-0.2, -0.15) is 0 Å². The number of ether oxygens (including phenoxy) is 2. The van der Waals surface area contributed by atoms with Gasteiger partial charge in [0.15, 0.2) is 0 Å². The number of ketones is 1. The van der Waals surface area contributed by atoms with Crippen LogP contribution < -0.4 is 9.47 Å². The first kappa shape index (κ1) is 26.8. The molecule has 3 aromatic rings. The predicted octanol–water partition coefficient (Wildman–Crippen LogP) is 5.35. The van der Waals surface area contributed by atoms with Crippen molar-refractivity contribution in [3.05, 3.63) is 59.8 Å². The van der Waals surface area contributed by atoms with Crippen LogP contribution in [0.1, 0.15) is 61.5 Å².